The summed E-state index contributed by atoms with van der Waals surface area (Å²) in [7, 11) is 0. The van der Waals surface area contributed by atoms with Gasteiger partial charge >= 0.3 is 29.8 Å². The summed E-state index contributed by atoms with van der Waals surface area (Å²) in [4.78, 5) is 64.2. The zero-order valence-electron chi connectivity index (χ0n) is 60.9. The van der Waals surface area contributed by atoms with Crippen molar-refractivity contribution in [2.45, 2.75) is 252 Å². The molecule has 0 bridgehead atoms. The molecule has 0 unspecified atom stereocenters. The van der Waals surface area contributed by atoms with Crippen molar-refractivity contribution in [2.24, 2.45) is 59.2 Å². The lowest BCUT2D eigenvalue weighted by atomic mass is 9.80. The molecule has 0 atom stereocenters. The van der Waals surface area contributed by atoms with Crippen LogP contribution in [0.4, 0.5) is 23.5 Å². The third-order valence-corrected chi connectivity index (χ3v) is 24.2. The molecule has 5 aromatic rings. The number of benzene rings is 5. The molecule has 5 aliphatic rings. The summed E-state index contributed by atoms with van der Waals surface area (Å²) in [6, 6.07) is 25.6. The molecule has 105 heavy (non-hydrogen) atoms. The second-order valence-corrected chi connectivity index (χ2v) is 32.1. The van der Waals surface area contributed by atoms with Crippen LogP contribution in [0.15, 0.2) is 115 Å². The number of esters is 5. The summed E-state index contributed by atoms with van der Waals surface area (Å²) in [6.07, 6.45) is 33.4. The van der Waals surface area contributed by atoms with E-state index in [1.807, 2.05) is 0 Å². The number of carbonyl (C=O) groups is 5. The van der Waals surface area contributed by atoms with Gasteiger partial charge in [0.15, 0.2) is 0 Å². The van der Waals surface area contributed by atoms with Crippen LogP contribution in [0.5, 0.6) is 28.7 Å². The lowest BCUT2D eigenvalue weighted by Gasteiger charge is -2.26. The molecule has 0 aromatic heterocycles. The molecule has 0 radical (unpaired) electrons. The number of rotatable bonds is 20. The maximum Gasteiger partial charge on any atom is 0.314 e. The number of thiol groups is 5. The molecule has 0 spiro atoms. The standard InChI is InChI=1S/5C16H21ClO2S.5FH/c5*1-2-3-11-4-6-12(7-5-11)16(18)19-13-8-9-15(20)14(17)10-13;;;;;/h5*8-12,20H,2-7H2,1H3;5*1H. The molecule has 10 nitrogen and oxygen atoms in total. The van der Waals surface area contributed by atoms with Crippen molar-refractivity contribution in [3.8, 4) is 28.7 Å². The van der Waals surface area contributed by atoms with E-state index in [1.165, 1.54) is 64.2 Å². The van der Waals surface area contributed by atoms with Gasteiger partial charge in [-0.1, -0.05) is 157 Å². The van der Waals surface area contributed by atoms with Crippen molar-refractivity contribution < 1.29 is 71.2 Å². The summed E-state index contributed by atoms with van der Waals surface area (Å²) in [6.45, 7) is 11.1. The van der Waals surface area contributed by atoms with E-state index in [4.69, 9.17) is 81.7 Å². The summed E-state index contributed by atoms with van der Waals surface area (Å²) in [5.41, 5.74) is 0. The molecule has 0 saturated heterocycles. The zero-order valence-corrected chi connectivity index (χ0v) is 69.1. The fourth-order valence-corrected chi connectivity index (χ4v) is 15.8. The Morgan fingerprint density at radius 2 is 0.400 bits per heavy atom. The minimum atomic E-state index is -0.122. The first-order chi connectivity index (χ1) is 48.0. The molecular formula is C80H110Cl5F5O10S5. The largest absolute Gasteiger partial charge is 0.426 e. The van der Waals surface area contributed by atoms with Gasteiger partial charge < -0.3 is 23.7 Å². The first-order valence-corrected chi connectivity index (χ1v) is 40.6. The highest BCUT2D eigenvalue weighted by Crippen LogP contribution is 2.39. The molecule has 0 heterocycles. The van der Waals surface area contributed by atoms with Gasteiger partial charge in [-0.2, -0.15) is 0 Å². The Labute approximate surface area is 672 Å². The molecular weight excluding hydrogens is 1550 g/mol. The average Bonchev–Trinajstić information content (AvgIpc) is 0.875. The minimum Gasteiger partial charge on any atom is -0.426 e. The van der Waals surface area contributed by atoms with Gasteiger partial charge in [0.05, 0.1) is 54.7 Å². The van der Waals surface area contributed by atoms with Crippen LogP contribution in [0.2, 0.25) is 25.1 Å². The van der Waals surface area contributed by atoms with E-state index in [0.717, 1.165) is 158 Å². The molecule has 5 saturated carbocycles. The molecule has 10 rings (SSSR count). The molecule has 0 amide bonds. The second-order valence-electron chi connectivity index (χ2n) is 27.7. The van der Waals surface area contributed by atoms with E-state index in [0.29, 0.717) is 78.3 Å². The third-order valence-electron chi connectivity index (χ3n) is 20.1. The van der Waals surface area contributed by atoms with Crippen molar-refractivity contribution in [1.29, 1.82) is 0 Å². The Morgan fingerprint density at radius 3 is 0.514 bits per heavy atom. The lowest BCUT2D eigenvalue weighted by molar-refractivity contribution is -0.141. The van der Waals surface area contributed by atoms with Crippen LogP contribution in [-0.2, 0) is 24.0 Å². The van der Waals surface area contributed by atoms with Gasteiger partial charge in [-0.3, -0.25) is 47.5 Å². The highest BCUT2D eigenvalue weighted by molar-refractivity contribution is 7.81. The van der Waals surface area contributed by atoms with Gasteiger partial charge in [-0.15, -0.1) is 63.1 Å². The molecule has 590 valence electrons. The number of carbonyl (C=O) groups excluding carboxylic acids is 5. The monoisotopic (exact) mass is 1660 g/mol. The summed E-state index contributed by atoms with van der Waals surface area (Å²) >= 11 is 50.8. The highest BCUT2D eigenvalue weighted by Gasteiger charge is 2.32. The maximum absolute atomic E-state index is 12.1. The fourth-order valence-electron chi connectivity index (χ4n) is 14.2. The summed E-state index contributed by atoms with van der Waals surface area (Å²) in [5, 5.41) is 2.52. The third kappa shape index (κ3) is 35.0. The average molecular weight is 1660 g/mol. The topological polar surface area (TPSA) is 132 Å². The molecule has 0 N–H and O–H groups in total. The van der Waals surface area contributed by atoms with E-state index < -0.39 is 0 Å². The number of ether oxygens (including phenoxy) is 5. The normalized spacial score (nSPS) is 21.5. The van der Waals surface area contributed by atoms with Crippen LogP contribution >= 0.6 is 121 Å². The van der Waals surface area contributed by atoms with Crippen LogP contribution in [-0.4, -0.2) is 29.8 Å². The summed E-state index contributed by atoms with van der Waals surface area (Å²) < 4.78 is 27.1. The molecule has 5 aromatic carbocycles. The van der Waals surface area contributed by atoms with E-state index in [-0.39, 0.29) is 83.0 Å². The Morgan fingerprint density at radius 1 is 0.267 bits per heavy atom. The van der Waals surface area contributed by atoms with Gasteiger partial charge in [0, 0.05) is 54.8 Å². The number of hydrogen-bond acceptors (Lipinski definition) is 15. The number of halogens is 10. The van der Waals surface area contributed by atoms with Crippen molar-refractivity contribution in [3.63, 3.8) is 0 Å². The SMILES string of the molecule is CCCC1CCC(C(=O)Oc2ccc(S)c(Cl)c2)CC1.CCCC1CCC(C(=O)Oc2ccc(S)c(Cl)c2)CC1.CCCC1CCC(C(=O)Oc2ccc(S)c(Cl)c2)CC1.CCCC1CCC(C(=O)Oc2ccc(S)c(Cl)c2)CC1.CCCC1CCC(C(=O)Oc2ccc(S)c(Cl)c2)CC1.F.F.F.F.F. The molecule has 5 aliphatic carbocycles. The number of hydrogen-bond donors (Lipinski definition) is 5. The molecule has 25 heteroatoms. The van der Waals surface area contributed by atoms with E-state index >= 15 is 0 Å². The Kier molecular flexibility index (Phi) is 50.4. The van der Waals surface area contributed by atoms with Crippen molar-refractivity contribution in [1.82, 2.24) is 0 Å². The lowest BCUT2D eigenvalue weighted by Crippen LogP contribution is -2.25. The predicted octanol–water partition coefficient (Wildman–Crippen LogP) is 26.5. The first-order valence-electron chi connectivity index (χ1n) is 36.5. The van der Waals surface area contributed by atoms with Crippen molar-refractivity contribution in [3.05, 3.63) is 116 Å². The van der Waals surface area contributed by atoms with Crippen LogP contribution in [0, 0.1) is 59.2 Å². The fraction of sp³-hybridized carbons (Fsp3) is 0.562. The van der Waals surface area contributed by atoms with Gasteiger partial charge in [-0.05, 0) is 219 Å². The van der Waals surface area contributed by atoms with Gasteiger partial charge in [0.2, 0.25) is 0 Å². The maximum atomic E-state index is 12.1. The van der Waals surface area contributed by atoms with Crippen LogP contribution in [0.3, 0.4) is 0 Å². The van der Waals surface area contributed by atoms with Crippen LogP contribution in [0.1, 0.15) is 227 Å². The first kappa shape index (κ1) is 99.3. The zero-order chi connectivity index (χ0) is 72.7. The Hall–Kier alpha value is -3.70. The van der Waals surface area contributed by atoms with Crippen LogP contribution < -0.4 is 23.7 Å². The van der Waals surface area contributed by atoms with Gasteiger partial charge in [0.25, 0.3) is 0 Å². The van der Waals surface area contributed by atoms with Gasteiger partial charge in [-0.25, -0.2) is 0 Å². The smallest absolute Gasteiger partial charge is 0.314 e. The van der Waals surface area contributed by atoms with Crippen molar-refractivity contribution >= 4 is 151 Å². The molecule has 0 aliphatic heterocycles. The van der Waals surface area contributed by atoms with Crippen molar-refractivity contribution in [2.75, 3.05) is 0 Å². The van der Waals surface area contributed by atoms with E-state index in [1.54, 1.807) is 91.0 Å². The Bertz CT molecular complexity index is 2870. The Balaban J connectivity index is 0.000000649. The second kappa shape index (κ2) is 53.2. The molecule has 5 fully saturated rings. The predicted molar refractivity (Wildman–Crippen MR) is 436 cm³/mol. The minimum absolute atomic E-state index is 0. The van der Waals surface area contributed by atoms with Gasteiger partial charge in [0.1, 0.15) is 28.7 Å². The van der Waals surface area contributed by atoms with E-state index in [2.05, 4.69) is 97.8 Å². The quantitative estimate of drug-likeness (QED) is 0.0222. The van der Waals surface area contributed by atoms with Crippen LogP contribution in [0.25, 0.3) is 0 Å². The van der Waals surface area contributed by atoms with E-state index in [9.17, 15) is 24.0 Å². The highest BCUT2D eigenvalue weighted by atomic mass is 35.5. The summed E-state index contributed by atoms with van der Waals surface area (Å²) in [5.74, 6) is 6.09.